The van der Waals surface area contributed by atoms with Crippen molar-refractivity contribution in [3.8, 4) is 0 Å². The fourth-order valence-corrected chi connectivity index (χ4v) is 1.73. The van der Waals surface area contributed by atoms with Gasteiger partial charge in [0.05, 0.1) is 17.2 Å². The zero-order valence-electron chi connectivity index (χ0n) is 8.14. The Morgan fingerprint density at radius 2 is 2.31 bits per heavy atom. The van der Waals surface area contributed by atoms with Crippen LogP contribution in [0.4, 0.5) is 8.78 Å². The molecule has 1 aromatic rings. The number of hydrogen-bond donors (Lipinski definition) is 0. The predicted molar refractivity (Wildman–Crippen MR) is 62.9 cm³/mol. The molecule has 88 valence electrons. The zero-order valence-corrected chi connectivity index (χ0v) is 11.1. The van der Waals surface area contributed by atoms with E-state index in [4.69, 9.17) is 16.3 Å². The van der Waals surface area contributed by atoms with Crippen molar-refractivity contribution in [3.05, 3.63) is 26.0 Å². The summed E-state index contributed by atoms with van der Waals surface area (Å²) >= 11 is 7.47. The number of pyridine rings is 1. The van der Waals surface area contributed by atoms with Gasteiger partial charge in [-0.15, -0.1) is 0 Å². The third-order valence-corrected chi connectivity index (χ3v) is 3.14. The summed E-state index contributed by atoms with van der Waals surface area (Å²) < 4.78 is 29.7. The Morgan fingerprint density at radius 1 is 1.69 bits per heavy atom. The number of alkyl halides is 2. The molecule has 0 atom stereocenters. The van der Waals surface area contributed by atoms with Crippen LogP contribution in [0.2, 0.25) is 5.02 Å². The Morgan fingerprint density at radius 3 is 2.81 bits per heavy atom. The molecule has 0 saturated carbocycles. The van der Waals surface area contributed by atoms with E-state index >= 15 is 0 Å². The maximum absolute atomic E-state index is 12.4. The van der Waals surface area contributed by atoms with Gasteiger partial charge in [0.2, 0.25) is 0 Å². The highest BCUT2D eigenvalue weighted by atomic mass is 127. The smallest absolute Gasteiger partial charge is 0.339 e. The van der Waals surface area contributed by atoms with Crippen LogP contribution < -0.4 is 0 Å². The molecule has 0 aliphatic heterocycles. The van der Waals surface area contributed by atoms with Crippen molar-refractivity contribution in [3.63, 3.8) is 0 Å². The number of carbonyl (C=O) groups excluding carboxylic acids is 1. The summed E-state index contributed by atoms with van der Waals surface area (Å²) in [6, 6.07) is 0.952. The molecule has 7 heteroatoms. The summed E-state index contributed by atoms with van der Waals surface area (Å²) in [4.78, 5) is 15.0. The molecule has 1 heterocycles. The standard InChI is InChI=1S/C9H7ClF2INO2/c1-2-16-9(15)4-3-5(7(11)12)14-8(13)6(4)10/h3,7H,2H2,1H3. The molecular weight excluding hydrogens is 354 g/mol. The SMILES string of the molecule is CCOC(=O)c1cc(C(F)F)nc(I)c1Cl. The van der Waals surface area contributed by atoms with Gasteiger partial charge < -0.3 is 4.74 Å². The summed E-state index contributed by atoms with van der Waals surface area (Å²) in [5.41, 5.74) is -0.574. The van der Waals surface area contributed by atoms with Gasteiger partial charge >= 0.3 is 5.97 Å². The van der Waals surface area contributed by atoms with E-state index in [-0.39, 0.29) is 20.9 Å². The van der Waals surface area contributed by atoms with Gasteiger partial charge in [-0.25, -0.2) is 18.6 Å². The fourth-order valence-electron chi connectivity index (χ4n) is 0.986. The molecule has 0 spiro atoms. The van der Waals surface area contributed by atoms with Crippen LogP contribution in [0.5, 0.6) is 0 Å². The van der Waals surface area contributed by atoms with Gasteiger partial charge in [0.25, 0.3) is 6.43 Å². The topological polar surface area (TPSA) is 39.2 Å². The van der Waals surface area contributed by atoms with Crippen LogP contribution in [-0.2, 0) is 4.74 Å². The Hall–Kier alpha value is -0.500. The molecule has 3 nitrogen and oxygen atoms in total. The van der Waals surface area contributed by atoms with E-state index in [1.165, 1.54) is 0 Å². The average Bonchev–Trinajstić information content (AvgIpc) is 2.21. The van der Waals surface area contributed by atoms with Crippen LogP contribution in [0.1, 0.15) is 29.4 Å². The first-order valence-corrected chi connectivity index (χ1v) is 5.74. The quantitative estimate of drug-likeness (QED) is 0.470. The molecule has 0 amide bonds. The van der Waals surface area contributed by atoms with E-state index in [2.05, 4.69) is 4.98 Å². The zero-order chi connectivity index (χ0) is 12.3. The van der Waals surface area contributed by atoms with Crippen molar-refractivity contribution in [1.29, 1.82) is 0 Å². The van der Waals surface area contributed by atoms with Crippen LogP contribution in [0.25, 0.3) is 0 Å². The summed E-state index contributed by atoms with van der Waals surface area (Å²) in [7, 11) is 0. The van der Waals surface area contributed by atoms with Crippen molar-refractivity contribution in [1.82, 2.24) is 4.98 Å². The summed E-state index contributed by atoms with van der Waals surface area (Å²) in [6.07, 6.45) is -2.75. The lowest BCUT2D eigenvalue weighted by atomic mass is 10.2. The maximum atomic E-state index is 12.4. The molecule has 0 saturated heterocycles. The fraction of sp³-hybridized carbons (Fsp3) is 0.333. The van der Waals surface area contributed by atoms with Crippen LogP contribution in [0, 0.1) is 3.70 Å². The second kappa shape index (κ2) is 5.72. The number of hydrogen-bond acceptors (Lipinski definition) is 3. The monoisotopic (exact) mass is 361 g/mol. The molecule has 0 aromatic carbocycles. The highest BCUT2D eigenvalue weighted by Crippen LogP contribution is 2.27. The number of carbonyl (C=O) groups is 1. The molecule has 0 aliphatic carbocycles. The van der Waals surface area contributed by atoms with Crippen molar-refractivity contribution in [2.45, 2.75) is 13.3 Å². The molecular formula is C9H7ClF2INO2. The molecule has 1 aromatic heterocycles. The lowest BCUT2D eigenvalue weighted by molar-refractivity contribution is 0.0525. The third kappa shape index (κ3) is 3.00. The van der Waals surface area contributed by atoms with Gasteiger partial charge in [0.15, 0.2) is 0 Å². The number of aromatic nitrogens is 1. The Labute approximate surface area is 109 Å². The average molecular weight is 362 g/mol. The summed E-state index contributed by atoms with van der Waals surface area (Å²) in [5.74, 6) is -0.727. The normalized spacial score (nSPS) is 10.6. The van der Waals surface area contributed by atoms with E-state index < -0.39 is 18.1 Å². The summed E-state index contributed by atoms with van der Waals surface area (Å²) in [5, 5.41) is 0.0310. The van der Waals surface area contributed by atoms with E-state index in [9.17, 15) is 13.6 Å². The highest BCUT2D eigenvalue weighted by molar-refractivity contribution is 14.1. The van der Waals surface area contributed by atoms with E-state index in [1.807, 2.05) is 0 Å². The second-order valence-corrected chi connectivity index (χ2v) is 4.12. The molecule has 0 bridgehead atoms. The lowest BCUT2D eigenvalue weighted by Crippen LogP contribution is -2.08. The van der Waals surface area contributed by atoms with Crippen molar-refractivity contribution >= 4 is 40.2 Å². The Balaban J connectivity index is 3.21. The minimum absolute atomic E-state index is 0.0310. The second-order valence-electron chi connectivity index (χ2n) is 2.72. The van der Waals surface area contributed by atoms with Gasteiger partial charge in [-0.1, -0.05) is 11.6 Å². The van der Waals surface area contributed by atoms with Crippen molar-refractivity contribution < 1.29 is 18.3 Å². The van der Waals surface area contributed by atoms with Gasteiger partial charge in [-0.05, 0) is 35.6 Å². The first kappa shape index (κ1) is 13.6. The molecule has 0 N–H and O–H groups in total. The lowest BCUT2D eigenvalue weighted by Gasteiger charge is -2.07. The molecule has 1 rings (SSSR count). The molecule has 0 aliphatic rings. The van der Waals surface area contributed by atoms with E-state index in [0.29, 0.717) is 0 Å². The van der Waals surface area contributed by atoms with E-state index in [0.717, 1.165) is 6.07 Å². The van der Waals surface area contributed by atoms with Gasteiger partial charge in [0.1, 0.15) is 9.39 Å². The third-order valence-electron chi connectivity index (χ3n) is 1.66. The Kier molecular flexibility index (Phi) is 4.85. The van der Waals surface area contributed by atoms with Crippen molar-refractivity contribution in [2.75, 3.05) is 6.61 Å². The number of halogens is 4. The van der Waals surface area contributed by atoms with Gasteiger partial charge in [-0.2, -0.15) is 0 Å². The van der Waals surface area contributed by atoms with Crippen LogP contribution in [-0.4, -0.2) is 17.6 Å². The number of ether oxygens (including phenoxy) is 1. The molecule has 16 heavy (non-hydrogen) atoms. The van der Waals surface area contributed by atoms with Crippen LogP contribution in [0.3, 0.4) is 0 Å². The number of nitrogens with zero attached hydrogens (tertiary/aromatic N) is 1. The van der Waals surface area contributed by atoms with Gasteiger partial charge in [-0.3, -0.25) is 0 Å². The first-order chi connectivity index (χ1) is 7.47. The maximum Gasteiger partial charge on any atom is 0.339 e. The minimum Gasteiger partial charge on any atom is -0.462 e. The van der Waals surface area contributed by atoms with Crippen molar-refractivity contribution in [2.24, 2.45) is 0 Å². The van der Waals surface area contributed by atoms with E-state index in [1.54, 1.807) is 29.5 Å². The van der Waals surface area contributed by atoms with Gasteiger partial charge in [0, 0.05) is 0 Å². The minimum atomic E-state index is -2.75. The van der Waals surface area contributed by atoms with Crippen LogP contribution in [0.15, 0.2) is 6.07 Å². The molecule has 0 radical (unpaired) electrons. The number of rotatable bonds is 3. The highest BCUT2D eigenvalue weighted by Gasteiger charge is 2.20. The molecule has 0 unspecified atom stereocenters. The van der Waals surface area contributed by atoms with Crippen LogP contribution >= 0.6 is 34.2 Å². The first-order valence-electron chi connectivity index (χ1n) is 4.28. The largest absolute Gasteiger partial charge is 0.462 e. The number of esters is 1. The summed E-state index contributed by atoms with van der Waals surface area (Å²) in [6.45, 7) is 1.77. The molecule has 0 fully saturated rings. The Bertz CT molecular complexity index is 415. The predicted octanol–water partition coefficient (Wildman–Crippen LogP) is 3.45.